The van der Waals surface area contributed by atoms with Crippen LogP contribution in [0.25, 0.3) is 0 Å². The number of nitrogens with zero attached hydrogens (tertiary/aromatic N) is 2. The van der Waals surface area contributed by atoms with Crippen LogP contribution in [0.3, 0.4) is 0 Å². The summed E-state index contributed by atoms with van der Waals surface area (Å²) >= 11 is 0. The second kappa shape index (κ2) is 10.5. The Balaban J connectivity index is 1.50. The summed E-state index contributed by atoms with van der Waals surface area (Å²) < 4.78 is 44.6. The molecule has 7 nitrogen and oxygen atoms in total. The third kappa shape index (κ3) is 4.93. The quantitative estimate of drug-likeness (QED) is 0.327. The minimum Gasteiger partial charge on any atom is -0.385 e. The molecule has 38 heavy (non-hydrogen) atoms. The van der Waals surface area contributed by atoms with Crippen molar-refractivity contribution < 1.29 is 22.3 Å². The average molecular weight is 538 g/mol. The van der Waals surface area contributed by atoms with Gasteiger partial charge in [0.2, 0.25) is 0 Å². The Morgan fingerprint density at radius 2 is 1.68 bits per heavy atom. The van der Waals surface area contributed by atoms with Crippen LogP contribution in [-0.4, -0.2) is 70.8 Å². The number of rotatable bonds is 9. The van der Waals surface area contributed by atoms with Gasteiger partial charge in [-0.1, -0.05) is 30.3 Å². The molecule has 0 bridgehead atoms. The van der Waals surface area contributed by atoms with E-state index in [-0.39, 0.29) is 16.8 Å². The van der Waals surface area contributed by atoms with E-state index in [4.69, 9.17) is 4.74 Å². The van der Waals surface area contributed by atoms with Gasteiger partial charge < -0.3 is 15.0 Å². The van der Waals surface area contributed by atoms with Gasteiger partial charge in [-0.05, 0) is 55.0 Å². The first-order valence-corrected chi connectivity index (χ1v) is 14.7. The summed E-state index contributed by atoms with van der Waals surface area (Å²) in [6.07, 6.45) is 0.793. The maximum absolute atomic E-state index is 14.4. The Kier molecular flexibility index (Phi) is 7.26. The summed E-state index contributed by atoms with van der Waals surface area (Å²) in [5, 5.41) is 3.26. The molecule has 200 valence electrons. The number of Topliss-reactive ketones (excluding diaryl/α,β-unsaturated/α-hetero) is 1. The summed E-state index contributed by atoms with van der Waals surface area (Å²) in [6.45, 7) is 5.23. The monoisotopic (exact) mass is 537 g/mol. The van der Waals surface area contributed by atoms with Crippen molar-refractivity contribution in [1.29, 1.82) is 0 Å². The van der Waals surface area contributed by atoms with Crippen molar-refractivity contribution in [3.05, 3.63) is 89.7 Å². The number of ether oxygens (including phenoxy) is 1. The zero-order valence-corrected chi connectivity index (χ0v) is 22.4. The highest BCUT2D eigenvalue weighted by molar-refractivity contribution is 7.90. The first-order valence-electron chi connectivity index (χ1n) is 12.8. The van der Waals surface area contributed by atoms with Crippen LogP contribution in [0, 0.1) is 5.82 Å². The molecule has 3 aromatic carbocycles. The predicted octanol–water partition coefficient (Wildman–Crippen LogP) is 3.96. The van der Waals surface area contributed by atoms with Gasteiger partial charge in [-0.3, -0.25) is 9.69 Å². The highest BCUT2D eigenvalue weighted by atomic mass is 32.2. The Morgan fingerprint density at radius 1 is 1.03 bits per heavy atom. The van der Waals surface area contributed by atoms with Gasteiger partial charge in [-0.2, -0.15) is 0 Å². The lowest BCUT2D eigenvalue weighted by Gasteiger charge is -2.47. The number of halogens is 1. The molecule has 0 radical (unpaired) electrons. The van der Waals surface area contributed by atoms with Crippen molar-refractivity contribution in [2.75, 3.05) is 55.8 Å². The molecule has 1 N–H and O–H groups in total. The Bertz CT molecular complexity index is 1400. The van der Waals surface area contributed by atoms with E-state index in [1.165, 1.54) is 12.1 Å². The molecule has 2 aliphatic heterocycles. The van der Waals surface area contributed by atoms with Crippen molar-refractivity contribution in [3.63, 3.8) is 0 Å². The standard InChI is InChI=1S/C29H32FN3O4S/c1-3-31-24-12-9-21(10-13-24)28(34)29(27-20-37-27,22-7-5-4-6-8-22)33-17-15-32(16-18-33)25-14-11-23(30)19-26(25)38(2,35)36/h4-14,19,27,31H,3,15-18,20H2,1-2H3. The average Bonchev–Trinajstić information content (AvgIpc) is 3.76. The number of carbonyl (C=O) groups excluding carboxylic acids is 1. The van der Waals surface area contributed by atoms with Gasteiger partial charge in [-0.15, -0.1) is 0 Å². The summed E-state index contributed by atoms with van der Waals surface area (Å²) in [6, 6.07) is 21.2. The molecule has 0 spiro atoms. The number of sulfone groups is 1. The van der Waals surface area contributed by atoms with Gasteiger partial charge in [0.1, 0.15) is 17.5 Å². The molecular weight excluding hydrogens is 505 g/mol. The van der Waals surface area contributed by atoms with E-state index in [9.17, 15) is 17.6 Å². The molecule has 3 aromatic rings. The minimum absolute atomic E-state index is 0.0253. The van der Waals surface area contributed by atoms with Gasteiger partial charge in [0, 0.05) is 50.2 Å². The Labute approximate surface area is 223 Å². The van der Waals surface area contributed by atoms with E-state index in [1.54, 1.807) is 0 Å². The van der Waals surface area contributed by atoms with Crippen LogP contribution >= 0.6 is 0 Å². The molecule has 2 fully saturated rings. The van der Waals surface area contributed by atoms with Crippen LogP contribution in [0.4, 0.5) is 15.8 Å². The summed E-state index contributed by atoms with van der Waals surface area (Å²) in [7, 11) is -3.63. The molecule has 2 aliphatic rings. The van der Waals surface area contributed by atoms with Crippen molar-refractivity contribution >= 4 is 27.0 Å². The fourth-order valence-corrected chi connectivity index (χ4v) is 6.39. The number of carbonyl (C=O) groups is 1. The molecule has 9 heteroatoms. The minimum atomic E-state index is -3.63. The number of hydrogen-bond acceptors (Lipinski definition) is 7. The van der Waals surface area contributed by atoms with Crippen molar-refractivity contribution in [3.8, 4) is 0 Å². The Hall–Kier alpha value is -3.27. The van der Waals surface area contributed by atoms with Crippen molar-refractivity contribution in [2.45, 2.75) is 23.5 Å². The van der Waals surface area contributed by atoms with E-state index >= 15 is 0 Å². The fraction of sp³-hybridized carbons (Fsp3) is 0.345. The first-order chi connectivity index (χ1) is 18.2. The molecule has 0 amide bonds. The van der Waals surface area contributed by atoms with Gasteiger partial charge in [0.05, 0.1) is 17.2 Å². The fourth-order valence-electron chi connectivity index (χ4n) is 5.48. The Morgan fingerprint density at radius 3 is 2.26 bits per heavy atom. The number of anilines is 2. The van der Waals surface area contributed by atoms with Gasteiger partial charge in [-0.25, -0.2) is 12.8 Å². The highest BCUT2D eigenvalue weighted by Gasteiger charge is 2.58. The zero-order valence-electron chi connectivity index (χ0n) is 21.6. The number of hydrogen-bond donors (Lipinski definition) is 1. The van der Waals surface area contributed by atoms with Crippen LogP contribution < -0.4 is 10.2 Å². The molecule has 0 aromatic heterocycles. The second-order valence-corrected chi connectivity index (χ2v) is 11.7. The second-order valence-electron chi connectivity index (χ2n) is 9.75. The maximum atomic E-state index is 14.4. The number of ketones is 1. The van der Waals surface area contributed by atoms with Gasteiger partial charge in [0.15, 0.2) is 15.6 Å². The van der Waals surface area contributed by atoms with E-state index in [0.717, 1.165) is 30.1 Å². The first kappa shape index (κ1) is 26.3. The summed E-state index contributed by atoms with van der Waals surface area (Å²) in [4.78, 5) is 18.5. The normalized spacial score (nSPS) is 19.6. The predicted molar refractivity (Wildman–Crippen MR) is 146 cm³/mol. The number of piperazine rings is 1. The molecule has 2 saturated heterocycles. The third-order valence-electron chi connectivity index (χ3n) is 7.33. The van der Waals surface area contributed by atoms with Crippen LogP contribution in [-0.2, 0) is 20.1 Å². The lowest BCUT2D eigenvalue weighted by atomic mass is 9.77. The van der Waals surface area contributed by atoms with E-state index < -0.39 is 21.2 Å². The zero-order chi connectivity index (χ0) is 26.9. The smallest absolute Gasteiger partial charge is 0.190 e. The van der Waals surface area contributed by atoms with Crippen molar-refractivity contribution in [2.24, 2.45) is 0 Å². The van der Waals surface area contributed by atoms with E-state index in [0.29, 0.717) is 44.0 Å². The maximum Gasteiger partial charge on any atom is 0.190 e. The molecule has 2 unspecified atom stereocenters. The van der Waals surface area contributed by atoms with Crippen molar-refractivity contribution in [1.82, 2.24) is 4.90 Å². The SMILES string of the molecule is CCNc1ccc(C(=O)C(c2ccccc2)(C2CO2)N2CCN(c3ccc(F)cc3S(C)(=O)=O)CC2)cc1. The molecule has 0 saturated carbocycles. The number of epoxide rings is 1. The van der Waals surface area contributed by atoms with Gasteiger partial charge >= 0.3 is 0 Å². The van der Waals surface area contributed by atoms with Gasteiger partial charge in [0.25, 0.3) is 0 Å². The summed E-state index contributed by atoms with van der Waals surface area (Å²) in [5.74, 6) is -0.617. The number of benzene rings is 3. The molecule has 2 heterocycles. The number of nitrogens with one attached hydrogen (secondary N) is 1. The molecular formula is C29H32FN3O4S. The van der Waals surface area contributed by atoms with E-state index in [1.807, 2.05) is 66.4 Å². The highest BCUT2D eigenvalue weighted by Crippen LogP contribution is 2.43. The third-order valence-corrected chi connectivity index (χ3v) is 8.45. The lowest BCUT2D eigenvalue weighted by Crippen LogP contribution is -2.61. The van der Waals surface area contributed by atoms with E-state index in [2.05, 4.69) is 10.2 Å². The summed E-state index contributed by atoms with van der Waals surface area (Å²) in [5.41, 5.74) is 1.88. The van der Waals surface area contributed by atoms with Crippen LogP contribution in [0.5, 0.6) is 0 Å². The lowest BCUT2D eigenvalue weighted by molar-refractivity contribution is 0.0371. The van der Waals surface area contributed by atoms with Crippen LogP contribution in [0.1, 0.15) is 22.8 Å². The topological polar surface area (TPSA) is 82.2 Å². The molecule has 5 rings (SSSR count). The largest absolute Gasteiger partial charge is 0.385 e. The molecule has 0 aliphatic carbocycles. The molecule has 2 atom stereocenters. The van der Waals surface area contributed by atoms with Crippen LogP contribution in [0.2, 0.25) is 0 Å². The van der Waals surface area contributed by atoms with Crippen LogP contribution in [0.15, 0.2) is 77.7 Å².